The fourth-order valence-corrected chi connectivity index (χ4v) is 1.49. The number of amides is 1. The van der Waals surface area contributed by atoms with Crippen molar-refractivity contribution < 1.29 is 24.2 Å². The Morgan fingerprint density at radius 1 is 1.24 bits per heavy atom. The molecule has 0 bridgehead atoms. The van der Waals surface area contributed by atoms with Crippen molar-refractivity contribution in [3.8, 4) is 0 Å². The zero-order chi connectivity index (χ0) is 12.9. The van der Waals surface area contributed by atoms with Crippen LogP contribution in [0.25, 0.3) is 0 Å². The van der Waals surface area contributed by atoms with Crippen LogP contribution < -0.4 is 5.32 Å². The van der Waals surface area contributed by atoms with Crippen molar-refractivity contribution in [1.29, 1.82) is 0 Å². The lowest BCUT2D eigenvalue weighted by Gasteiger charge is -2.05. The second-order valence-electron chi connectivity index (χ2n) is 3.20. The van der Waals surface area contributed by atoms with Crippen LogP contribution in [-0.4, -0.2) is 62.0 Å². The maximum atomic E-state index is 11.2. The molecule has 0 aromatic carbocycles. The normalized spacial score (nSPS) is 10.2. The number of carbonyl (C=O) groups excluding carboxylic acids is 1. The second kappa shape index (κ2) is 11.7. The van der Waals surface area contributed by atoms with Gasteiger partial charge in [-0.2, -0.15) is 0 Å². The molecule has 0 saturated heterocycles. The molecule has 100 valence electrons. The van der Waals surface area contributed by atoms with Crippen LogP contribution in [-0.2, 0) is 19.1 Å². The van der Waals surface area contributed by atoms with E-state index in [4.69, 9.17) is 14.6 Å². The fourth-order valence-electron chi connectivity index (χ4n) is 0.928. The Kier molecular flexibility index (Phi) is 11.1. The standard InChI is InChI=1S/C10H19NO5S/c1-15-5-6-16-4-2-3-11-9(12)7-17-8-10(13)14/h2-8H2,1H3,(H,11,12)(H,13,14). The van der Waals surface area contributed by atoms with Crippen molar-refractivity contribution in [2.75, 3.05) is 45.0 Å². The summed E-state index contributed by atoms with van der Waals surface area (Å²) in [6, 6.07) is 0. The highest BCUT2D eigenvalue weighted by atomic mass is 32.2. The first-order valence-corrected chi connectivity index (χ1v) is 6.45. The number of carboxylic acid groups (broad SMARTS) is 1. The van der Waals surface area contributed by atoms with Crippen LogP contribution in [0, 0.1) is 0 Å². The highest BCUT2D eigenvalue weighted by molar-refractivity contribution is 8.00. The Morgan fingerprint density at radius 2 is 2.00 bits per heavy atom. The van der Waals surface area contributed by atoms with Gasteiger partial charge >= 0.3 is 5.97 Å². The van der Waals surface area contributed by atoms with Gasteiger partial charge in [-0.15, -0.1) is 11.8 Å². The molecule has 0 rings (SSSR count). The predicted octanol–water partition coefficient (Wildman–Crippen LogP) is -0.0265. The van der Waals surface area contributed by atoms with E-state index in [1.165, 1.54) is 0 Å². The summed E-state index contributed by atoms with van der Waals surface area (Å²) in [5.74, 6) is -0.924. The SMILES string of the molecule is COCCOCCCNC(=O)CSCC(=O)O. The highest BCUT2D eigenvalue weighted by Gasteiger charge is 2.03. The molecule has 17 heavy (non-hydrogen) atoms. The van der Waals surface area contributed by atoms with E-state index >= 15 is 0 Å². The number of carboxylic acids is 1. The van der Waals surface area contributed by atoms with Gasteiger partial charge in [0, 0.05) is 20.3 Å². The van der Waals surface area contributed by atoms with Crippen LogP contribution in [0.15, 0.2) is 0 Å². The number of hydrogen-bond donors (Lipinski definition) is 2. The van der Waals surface area contributed by atoms with Crippen LogP contribution in [0.5, 0.6) is 0 Å². The van der Waals surface area contributed by atoms with Gasteiger partial charge in [0.1, 0.15) is 0 Å². The van der Waals surface area contributed by atoms with Crippen LogP contribution in [0.2, 0.25) is 0 Å². The third-order valence-corrected chi connectivity index (χ3v) is 2.60. The second-order valence-corrected chi connectivity index (χ2v) is 4.18. The molecule has 0 radical (unpaired) electrons. The topological polar surface area (TPSA) is 84.9 Å². The van der Waals surface area contributed by atoms with Crippen molar-refractivity contribution in [3.63, 3.8) is 0 Å². The fraction of sp³-hybridized carbons (Fsp3) is 0.800. The van der Waals surface area contributed by atoms with E-state index in [0.29, 0.717) is 26.4 Å². The van der Waals surface area contributed by atoms with Gasteiger partial charge in [-0.25, -0.2) is 0 Å². The summed E-state index contributed by atoms with van der Waals surface area (Å²) in [5.41, 5.74) is 0. The minimum atomic E-state index is -0.908. The van der Waals surface area contributed by atoms with Gasteiger partial charge < -0.3 is 19.9 Å². The molecule has 6 nitrogen and oxygen atoms in total. The lowest BCUT2D eigenvalue weighted by Crippen LogP contribution is -2.27. The maximum Gasteiger partial charge on any atom is 0.313 e. The summed E-state index contributed by atoms with van der Waals surface area (Å²) >= 11 is 1.08. The van der Waals surface area contributed by atoms with Gasteiger partial charge in [0.15, 0.2) is 0 Å². The smallest absolute Gasteiger partial charge is 0.313 e. The van der Waals surface area contributed by atoms with E-state index < -0.39 is 5.97 Å². The number of hydrogen-bond acceptors (Lipinski definition) is 5. The lowest BCUT2D eigenvalue weighted by atomic mass is 10.4. The van der Waals surface area contributed by atoms with E-state index in [9.17, 15) is 9.59 Å². The van der Waals surface area contributed by atoms with Crippen LogP contribution in [0.3, 0.4) is 0 Å². The Morgan fingerprint density at radius 3 is 2.65 bits per heavy atom. The third kappa shape index (κ3) is 13.1. The largest absolute Gasteiger partial charge is 0.481 e. The molecular formula is C10H19NO5S. The Balaban J connectivity index is 3.19. The molecule has 0 aliphatic heterocycles. The summed E-state index contributed by atoms with van der Waals surface area (Å²) in [5, 5.41) is 11.0. The molecule has 0 unspecified atom stereocenters. The molecule has 0 atom stereocenters. The zero-order valence-corrected chi connectivity index (χ0v) is 10.8. The van der Waals surface area contributed by atoms with Gasteiger partial charge in [0.25, 0.3) is 0 Å². The number of thioether (sulfide) groups is 1. The molecule has 2 N–H and O–H groups in total. The molecule has 0 aliphatic carbocycles. The van der Waals surface area contributed by atoms with Crippen molar-refractivity contribution in [3.05, 3.63) is 0 Å². The van der Waals surface area contributed by atoms with Gasteiger partial charge in [0.2, 0.25) is 5.91 Å². The predicted molar refractivity (Wildman–Crippen MR) is 65.3 cm³/mol. The van der Waals surface area contributed by atoms with E-state index in [-0.39, 0.29) is 17.4 Å². The average molecular weight is 265 g/mol. The number of rotatable bonds is 11. The van der Waals surface area contributed by atoms with E-state index in [0.717, 1.165) is 18.2 Å². The molecule has 0 heterocycles. The first kappa shape index (κ1) is 16.2. The van der Waals surface area contributed by atoms with Crippen molar-refractivity contribution in [2.24, 2.45) is 0 Å². The van der Waals surface area contributed by atoms with Crippen molar-refractivity contribution in [2.45, 2.75) is 6.42 Å². The third-order valence-electron chi connectivity index (χ3n) is 1.68. The first-order chi connectivity index (χ1) is 8.16. The summed E-state index contributed by atoms with van der Waals surface area (Å²) < 4.78 is 10.0. The summed E-state index contributed by atoms with van der Waals surface area (Å²) in [7, 11) is 1.61. The molecule has 0 aromatic heterocycles. The number of nitrogens with one attached hydrogen (secondary N) is 1. The van der Waals surface area contributed by atoms with Gasteiger partial charge in [-0.05, 0) is 6.42 Å². The molecule has 1 amide bonds. The number of carbonyl (C=O) groups is 2. The van der Waals surface area contributed by atoms with E-state index in [1.807, 2.05) is 0 Å². The van der Waals surface area contributed by atoms with Crippen LogP contribution in [0.4, 0.5) is 0 Å². The molecule has 7 heteroatoms. The number of methoxy groups -OCH3 is 1. The van der Waals surface area contributed by atoms with Crippen molar-refractivity contribution in [1.82, 2.24) is 5.32 Å². The summed E-state index contributed by atoms with van der Waals surface area (Å²) in [4.78, 5) is 21.4. The Hall–Kier alpha value is -0.790. The minimum Gasteiger partial charge on any atom is -0.481 e. The minimum absolute atomic E-state index is 0.0481. The van der Waals surface area contributed by atoms with Crippen LogP contribution >= 0.6 is 11.8 Å². The Labute approximate surface area is 105 Å². The molecular weight excluding hydrogens is 246 g/mol. The number of ether oxygens (including phenoxy) is 2. The van der Waals surface area contributed by atoms with E-state index in [1.54, 1.807) is 7.11 Å². The lowest BCUT2D eigenvalue weighted by molar-refractivity contribution is -0.133. The van der Waals surface area contributed by atoms with Gasteiger partial charge in [0.05, 0.1) is 24.7 Å². The summed E-state index contributed by atoms with van der Waals surface area (Å²) in [6.07, 6.45) is 0.735. The molecule has 0 saturated carbocycles. The first-order valence-electron chi connectivity index (χ1n) is 5.29. The molecule has 0 aliphatic rings. The number of aliphatic carboxylic acids is 1. The van der Waals surface area contributed by atoms with Crippen LogP contribution in [0.1, 0.15) is 6.42 Å². The molecule has 0 fully saturated rings. The Bertz CT molecular complexity index is 225. The van der Waals surface area contributed by atoms with E-state index in [2.05, 4.69) is 5.32 Å². The average Bonchev–Trinajstić information content (AvgIpc) is 2.27. The molecule has 0 aromatic rings. The maximum absolute atomic E-state index is 11.2. The highest BCUT2D eigenvalue weighted by Crippen LogP contribution is 1.97. The van der Waals surface area contributed by atoms with Gasteiger partial charge in [-0.3, -0.25) is 9.59 Å². The molecule has 0 spiro atoms. The van der Waals surface area contributed by atoms with Crippen molar-refractivity contribution >= 4 is 23.6 Å². The zero-order valence-electron chi connectivity index (χ0n) is 9.94. The monoisotopic (exact) mass is 265 g/mol. The summed E-state index contributed by atoms with van der Waals surface area (Å²) in [6.45, 7) is 2.24. The quantitative estimate of drug-likeness (QED) is 0.510. The van der Waals surface area contributed by atoms with Gasteiger partial charge in [-0.1, -0.05) is 0 Å².